The van der Waals surface area contributed by atoms with Crippen molar-refractivity contribution in [1.29, 1.82) is 0 Å². The van der Waals surface area contributed by atoms with E-state index >= 15 is 0 Å². The molecule has 47 heavy (non-hydrogen) atoms. The largest absolute Gasteiger partial charge is 0.492 e. The first-order chi connectivity index (χ1) is 23.0. The standard InChI is InChI=1S/C39H36N2O5S/c1-45-39(44)36(40-35-17-9-8-16-34(35)38(43)31-13-6-3-7-14-31)27-29-18-20-32(21-19-29)46-25-24-41(28-30-11-4-2-5-12-30)37(42)23-22-33-15-10-26-47-33/h2-23,26,36,40H,24-25,27-28H2,1H3/b23-22+/t36-/m0/s1. The monoisotopic (exact) mass is 644 g/mol. The molecule has 5 rings (SSSR count). The number of ketones is 1. The summed E-state index contributed by atoms with van der Waals surface area (Å²) in [5, 5.41) is 5.22. The molecule has 0 unspecified atom stereocenters. The summed E-state index contributed by atoms with van der Waals surface area (Å²) in [5.41, 5.74) is 3.51. The molecule has 1 aromatic heterocycles. The molecule has 0 saturated carbocycles. The van der Waals surface area contributed by atoms with Crippen molar-refractivity contribution in [2.24, 2.45) is 0 Å². The van der Waals surface area contributed by atoms with E-state index < -0.39 is 12.0 Å². The van der Waals surface area contributed by atoms with Crippen LogP contribution in [0, 0.1) is 0 Å². The van der Waals surface area contributed by atoms with Gasteiger partial charge in [0.05, 0.1) is 13.7 Å². The van der Waals surface area contributed by atoms with E-state index in [1.165, 1.54) is 7.11 Å². The Hall–Kier alpha value is -5.47. The first-order valence-electron chi connectivity index (χ1n) is 15.3. The van der Waals surface area contributed by atoms with Crippen molar-refractivity contribution in [3.05, 3.63) is 160 Å². The van der Waals surface area contributed by atoms with Gasteiger partial charge in [-0.15, -0.1) is 11.3 Å². The Morgan fingerprint density at radius 1 is 0.809 bits per heavy atom. The molecule has 4 aromatic carbocycles. The van der Waals surface area contributed by atoms with E-state index in [2.05, 4.69) is 5.32 Å². The van der Waals surface area contributed by atoms with Crippen molar-refractivity contribution >= 4 is 40.8 Å². The maximum atomic E-state index is 13.2. The molecule has 238 valence electrons. The summed E-state index contributed by atoms with van der Waals surface area (Å²) in [7, 11) is 1.35. The Kier molecular flexibility index (Phi) is 11.7. The number of esters is 1. The van der Waals surface area contributed by atoms with Gasteiger partial charge in [-0.3, -0.25) is 9.59 Å². The Balaban J connectivity index is 1.21. The number of amides is 1. The fourth-order valence-corrected chi connectivity index (χ4v) is 5.64. The summed E-state index contributed by atoms with van der Waals surface area (Å²) in [6, 6.07) is 36.7. The van der Waals surface area contributed by atoms with Gasteiger partial charge in [0, 0.05) is 40.7 Å². The van der Waals surface area contributed by atoms with Gasteiger partial charge < -0.3 is 19.7 Å². The lowest BCUT2D eigenvalue weighted by Gasteiger charge is -2.22. The number of hydrogen-bond acceptors (Lipinski definition) is 7. The number of carbonyl (C=O) groups is 3. The lowest BCUT2D eigenvalue weighted by atomic mass is 10.00. The molecule has 0 aliphatic carbocycles. The third kappa shape index (κ3) is 9.51. The zero-order valence-electron chi connectivity index (χ0n) is 26.1. The maximum absolute atomic E-state index is 13.2. The minimum Gasteiger partial charge on any atom is -0.492 e. The zero-order chi connectivity index (χ0) is 32.8. The number of ether oxygens (including phenoxy) is 2. The first-order valence-corrected chi connectivity index (χ1v) is 16.2. The molecule has 7 nitrogen and oxygen atoms in total. The van der Waals surface area contributed by atoms with E-state index in [1.54, 1.807) is 52.6 Å². The van der Waals surface area contributed by atoms with Gasteiger partial charge in [0.1, 0.15) is 18.4 Å². The minimum absolute atomic E-state index is 0.0883. The summed E-state index contributed by atoms with van der Waals surface area (Å²) < 4.78 is 11.1. The van der Waals surface area contributed by atoms with E-state index in [4.69, 9.17) is 9.47 Å². The smallest absolute Gasteiger partial charge is 0.328 e. The highest BCUT2D eigenvalue weighted by atomic mass is 32.1. The van der Waals surface area contributed by atoms with Crippen LogP contribution in [0.15, 0.2) is 133 Å². The number of benzene rings is 4. The molecule has 5 aromatic rings. The van der Waals surface area contributed by atoms with Crippen LogP contribution >= 0.6 is 11.3 Å². The summed E-state index contributed by atoms with van der Waals surface area (Å²) in [4.78, 5) is 41.9. The van der Waals surface area contributed by atoms with Crippen LogP contribution in [0.4, 0.5) is 5.69 Å². The fourth-order valence-electron chi connectivity index (χ4n) is 5.02. The van der Waals surface area contributed by atoms with Crippen molar-refractivity contribution in [3.8, 4) is 5.75 Å². The van der Waals surface area contributed by atoms with Gasteiger partial charge >= 0.3 is 5.97 Å². The van der Waals surface area contributed by atoms with E-state index in [0.29, 0.717) is 48.7 Å². The second kappa shape index (κ2) is 16.7. The minimum atomic E-state index is -0.726. The first kappa shape index (κ1) is 32.9. The number of hydrogen-bond donors (Lipinski definition) is 1. The maximum Gasteiger partial charge on any atom is 0.328 e. The molecule has 1 heterocycles. The average Bonchev–Trinajstić information content (AvgIpc) is 3.65. The lowest BCUT2D eigenvalue weighted by Crippen LogP contribution is -2.33. The third-order valence-electron chi connectivity index (χ3n) is 7.48. The van der Waals surface area contributed by atoms with E-state index in [-0.39, 0.29) is 11.7 Å². The van der Waals surface area contributed by atoms with Gasteiger partial charge in [-0.25, -0.2) is 4.79 Å². The highest BCUT2D eigenvalue weighted by Crippen LogP contribution is 2.22. The second-order valence-electron chi connectivity index (χ2n) is 10.8. The van der Waals surface area contributed by atoms with Gasteiger partial charge in [0.2, 0.25) is 5.91 Å². The number of methoxy groups -OCH3 is 1. The third-order valence-corrected chi connectivity index (χ3v) is 8.32. The van der Waals surface area contributed by atoms with Crippen LogP contribution in [0.1, 0.15) is 31.9 Å². The number of carbonyl (C=O) groups excluding carboxylic acids is 3. The molecular formula is C39H36N2O5S. The van der Waals surface area contributed by atoms with Crippen LogP contribution in [-0.4, -0.2) is 48.9 Å². The van der Waals surface area contributed by atoms with E-state index in [1.807, 2.05) is 102 Å². The summed E-state index contributed by atoms with van der Waals surface area (Å²) in [5.74, 6) is -0.0176. The summed E-state index contributed by atoms with van der Waals surface area (Å²) in [6.07, 6.45) is 3.77. The molecule has 8 heteroatoms. The SMILES string of the molecule is COC(=O)[C@H](Cc1ccc(OCCN(Cc2ccccc2)C(=O)/C=C/c2cccs2)cc1)Nc1ccccc1C(=O)c1ccccc1. The Morgan fingerprint density at radius 2 is 1.51 bits per heavy atom. The van der Waals surface area contributed by atoms with Crippen LogP contribution in [-0.2, 0) is 27.3 Å². The molecule has 0 radical (unpaired) electrons. The molecule has 0 fully saturated rings. The molecule has 0 bridgehead atoms. The van der Waals surface area contributed by atoms with Crippen LogP contribution < -0.4 is 10.1 Å². The Morgan fingerprint density at radius 3 is 2.21 bits per heavy atom. The second-order valence-corrected chi connectivity index (χ2v) is 11.7. The lowest BCUT2D eigenvalue weighted by molar-refractivity contribution is -0.141. The number of anilines is 1. The highest BCUT2D eigenvalue weighted by Gasteiger charge is 2.23. The van der Waals surface area contributed by atoms with Crippen molar-refractivity contribution in [3.63, 3.8) is 0 Å². The molecule has 0 aliphatic rings. The van der Waals surface area contributed by atoms with Crippen LogP contribution in [0.2, 0.25) is 0 Å². The molecule has 1 N–H and O–H groups in total. The fraction of sp³-hybridized carbons (Fsp3) is 0.154. The predicted molar refractivity (Wildman–Crippen MR) is 187 cm³/mol. The average molecular weight is 645 g/mol. The van der Waals surface area contributed by atoms with Gasteiger partial charge in [0.15, 0.2) is 5.78 Å². The zero-order valence-corrected chi connectivity index (χ0v) is 26.9. The van der Waals surface area contributed by atoms with Crippen LogP contribution in [0.25, 0.3) is 6.08 Å². The topological polar surface area (TPSA) is 84.9 Å². The number of thiophene rings is 1. The Bertz CT molecular complexity index is 1770. The number of rotatable bonds is 15. The quantitative estimate of drug-likeness (QED) is 0.0732. The number of nitrogens with one attached hydrogen (secondary N) is 1. The van der Waals surface area contributed by atoms with Crippen molar-refractivity contribution in [2.75, 3.05) is 25.6 Å². The molecule has 1 atom stereocenters. The van der Waals surface area contributed by atoms with Crippen molar-refractivity contribution in [1.82, 2.24) is 4.90 Å². The van der Waals surface area contributed by atoms with Gasteiger partial charge in [-0.2, -0.15) is 0 Å². The number of para-hydroxylation sites is 1. The predicted octanol–water partition coefficient (Wildman–Crippen LogP) is 7.30. The highest BCUT2D eigenvalue weighted by molar-refractivity contribution is 7.10. The molecule has 0 saturated heterocycles. The van der Waals surface area contributed by atoms with Gasteiger partial charge in [-0.05, 0) is 52.9 Å². The van der Waals surface area contributed by atoms with Gasteiger partial charge in [-0.1, -0.05) is 91.0 Å². The molecule has 1 amide bonds. The van der Waals surface area contributed by atoms with E-state index in [9.17, 15) is 14.4 Å². The summed E-state index contributed by atoms with van der Waals surface area (Å²) >= 11 is 1.58. The van der Waals surface area contributed by atoms with E-state index in [0.717, 1.165) is 16.0 Å². The van der Waals surface area contributed by atoms with Crippen LogP contribution in [0.5, 0.6) is 5.75 Å². The number of nitrogens with zero attached hydrogens (tertiary/aromatic N) is 1. The van der Waals surface area contributed by atoms with Crippen molar-refractivity contribution in [2.45, 2.75) is 19.0 Å². The molecule has 0 spiro atoms. The Labute approximate surface area is 279 Å². The molecule has 0 aliphatic heterocycles. The van der Waals surface area contributed by atoms with Gasteiger partial charge in [0.25, 0.3) is 0 Å². The summed E-state index contributed by atoms with van der Waals surface area (Å²) in [6.45, 7) is 1.18. The normalized spacial score (nSPS) is 11.5. The van der Waals surface area contributed by atoms with Crippen molar-refractivity contribution < 1.29 is 23.9 Å². The van der Waals surface area contributed by atoms with Crippen LogP contribution in [0.3, 0.4) is 0 Å². The molecular weight excluding hydrogens is 609 g/mol.